The monoisotopic (exact) mass is 248 g/mol. The van der Waals surface area contributed by atoms with Crippen molar-refractivity contribution in [3.05, 3.63) is 52.9 Å². The van der Waals surface area contributed by atoms with Crippen LogP contribution in [0.3, 0.4) is 0 Å². The molecule has 18 heavy (non-hydrogen) atoms. The second kappa shape index (κ2) is 6.15. The molecular formula is C15H17FO2. The van der Waals surface area contributed by atoms with Crippen LogP contribution in [0, 0.1) is 12.7 Å². The first-order valence-corrected chi connectivity index (χ1v) is 5.76. The number of hydrogen-bond acceptors (Lipinski definition) is 2. The molecule has 0 aliphatic heterocycles. The topological polar surface area (TPSA) is 26.3 Å². The average Bonchev–Trinajstić information content (AvgIpc) is 2.30. The number of carbonyl (C=O) groups excluding carboxylic acids is 1. The first-order valence-electron chi connectivity index (χ1n) is 5.76. The van der Waals surface area contributed by atoms with Crippen LogP contribution in [0.1, 0.15) is 25.0 Å². The Labute approximate surface area is 107 Å². The molecule has 1 aromatic rings. The van der Waals surface area contributed by atoms with Crippen LogP contribution in [-0.2, 0) is 9.53 Å². The lowest BCUT2D eigenvalue weighted by molar-refractivity contribution is -0.138. The van der Waals surface area contributed by atoms with Gasteiger partial charge in [0.25, 0.3) is 0 Å². The minimum Gasteiger partial charge on any atom is -0.462 e. The Morgan fingerprint density at radius 3 is 2.72 bits per heavy atom. The molecule has 0 saturated carbocycles. The summed E-state index contributed by atoms with van der Waals surface area (Å²) in [6, 6.07) is 4.44. The summed E-state index contributed by atoms with van der Waals surface area (Å²) in [4.78, 5) is 11.7. The van der Waals surface area contributed by atoms with E-state index in [9.17, 15) is 9.18 Å². The highest BCUT2D eigenvalue weighted by Gasteiger charge is 2.12. The molecule has 0 atom stereocenters. The molecule has 3 heteroatoms. The van der Waals surface area contributed by atoms with Crippen molar-refractivity contribution in [1.82, 2.24) is 0 Å². The van der Waals surface area contributed by atoms with Crippen LogP contribution < -0.4 is 0 Å². The third kappa shape index (κ3) is 3.55. The van der Waals surface area contributed by atoms with Gasteiger partial charge in [0.1, 0.15) is 5.82 Å². The summed E-state index contributed by atoms with van der Waals surface area (Å²) < 4.78 is 18.1. The number of esters is 1. The number of rotatable bonds is 4. The molecule has 0 spiro atoms. The first-order chi connectivity index (χ1) is 8.45. The minimum atomic E-state index is -0.436. The zero-order valence-corrected chi connectivity index (χ0v) is 10.9. The van der Waals surface area contributed by atoms with E-state index in [4.69, 9.17) is 4.74 Å². The molecule has 1 rings (SSSR count). The molecule has 0 amide bonds. The Bertz CT molecular complexity index is 501. The summed E-state index contributed by atoms with van der Waals surface area (Å²) in [5.41, 5.74) is 2.50. The van der Waals surface area contributed by atoms with Gasteiger partial charge in [-0.1, -0.05) is 12.6 Å². The summed E-state index contributed by atoms with van der Waals surface area (Å²) >= 11 is 0. The summed E-state index contributed by atoms with van der Waals surface area (Å²) in [5.74, 6) is -0.773. The van der Waals surface area contributed by atoms with Gasteiger partial charge in [-0.3, -0.25) is 0 Å². The van der Waals surface area contributed by atoms with E-state index in [-0.39, 0.29) is 5.82 Å². The molecular weight excluding hydrogens is 231 g/mol. The van der Waals surface area contributed by atoms with E-state index < -0.39 is 5.97 Å². The van der Waals surface area contributed by atoms with Crippen molar-refractivity contribution in [1.29, 1.82) is 0 Å². The van der Waals surface area contributed by atoms with Crippen LogP contribution >= 0.6 is 0 Å². The van der Waals surface area contributed by atoms with Crippen LogP contribution in [-0.4, -0.2) is 12.6 Å². The number of carbonyl (C=O) groups is 1. The van der Waals surface area contributed by atoms with Crippen LogP contribution in [0.25, 0.3) is 6.08 Å². The number of ether oxygens (including phenoxy) is 1. The molecule has 2 nitrogen and oxygen atoms in total. The Hall–Kier alpha value is -1.90. The summed E-state index contributed by atoms with van der Waals surface area (Å²) in [6.07, 6.45) is 1.61. The van der Waals surface area contributed by atoms with Gasteiger partial charge in [-0.15, -0.1) is 0 Å². The Morgan fingerprint density at radius 1 is 1.50 bits per heavy atom. The minimum absolute atomic E-state index is 0.297. The van der Waals surface area contributed by atoms with Gasteiger partial charge in [-0.05, 0) is 55.7 Å². The lowest BCUT2D eigenvalue weighted by atomic mass is 10.0. The van der Waals surface area contributed by atoms with E-state index in [0.717, 1.165) is 5.56 Å². The highest BCUT2D eigenvalue weighted by atomic mass is 19.1. The zero-order chi connectivity index (χ0) is 13.7. The van der Waals surface area contributed by atoms with E-state index in [0.29, 0.717) is 23.3 Å². The van der Waals surface area contributed by atoms with Crippen LogP contribution in [0.4, 0.5) is 4.39 Å². The van der Waals surface area contributed by atoms with Gasteiger partial charge >= 0.3 is 5.97 Å². The number of halogens is 1. The predicted octanol–water partition coefficient (Wildman–Crippen LogP) is 3.66. The maximum atomic E-state index is 13.2. The fourth-order valence-electron chi connectivity index (χ4n) is 1.49. The van der Waals surface area contributed by atoms with E-state index >= 15 is 0 Å². The van der Waals surface area contributed by atoms with Crippen LogP contribution in [0.2, 0.25) is 0 Å². The van der Waals surface area contributed by atoms with E-state index in [1.165, 1.54) is 12.1 Å². The van der Waals surface area contributed by atoms with Gasteiger partial charge in [0.05, 0.1) is 12.2 Å². The molecule has 1 aromatic carbocycles. The molecule has 0 aliphatic rings. The largest absolute Gasteiger partial charge is 0.462 e. The molecule has 0 unspecified atom stereocenters. The molecule has 0 fully saturated rings. The molecule has 0 aromatic heterocycles. The predicted molar refractivity (Wildman–Crippen MR) is 70.6 cm³/mol. The molecule has 0 heterocycles. The normalized spacial score (nSPS) is 11.2. The third-order valence-corrected chi connectivity index (χ3v) is 2.50. The average molecular weight is 248 g/mol. The van der Waals surface area contributed by atoms with Crippen molar-refractivity contribution in [2.24, 2.45) is 0 Å². The molecule has 0 saturated heterocycles. The summed E-state index contributed by atoms with van der Waals surface area (Å²) in [7, 11) is 0. The van der Waals surface area contributed by atoms with E-state index in [1.807, 2.05) is 6.92 Å². The van der Waals surface area contributed by atoms with Crippen molar-refractivity contribution in [3.63, 3.8) is 0 Å². The van der Waals surface area contributed by atoms with Crippen LogP contribution in [0.5, 0.6) is 0 Å². The number of hydrogen-bond donors (Lipinski definition) is 0. The summed E-state index contributed by atoms with van der Waals surface area (Å²) in [5, 5.41) is 0. The second-order valence-corrected chi connectivity index (χ2v) is 4.06. The third-order valence-electron chi connectivity index (χ3n) is 2.50. The Morgan fingerprint density at radius 2 is 2.17 bits per heavy atom. The quantitative estimate of drug-likeness (QED) is 0.462. The van der Waals surface area contributed by atoms with Crippen LogP contribution in [0.15, 0.2) is 35.9 Å². The van der Waals surface area contributed by atoms with Crippen molar-refractivity contribution in [2.75, 3.05) is 6.61 Å². The standard InChI is InChI=1S/C15H17FO2/c1-5-18-15(17)14(10(2)3)9-12-8-13(16)7-6-11(12)4/h6-9H,2,5H2,1,3-4H3/b14-9+. The highest BCUT2D eigenvalue weighted by Crippen LogP contribution is 2.18. The Kier molecular flexibility index (Phi) is 4.84. The lowest BCUT2D eigenvalue weighted by Crippen LogP contribution is -2.08. The molecule has 0 aliphatic carbocycles. The lowest BCUT2D eigenvalue weighted by Gasteiger charge is -2.08. The number of benzene rings is 1. The van der Waals surface area contributed by atoms with Gasteiger partial charge in [0.2, 0.25) is 0 Å². The van der Waals surface area contributed by atoms with Crippen molar-refractivity contribution >= 4 is 12.0 Å². The molecule has 0 bridgehead atoms. The maximum absolute atomic E-state index is 13.2. The van der Waals surface area contributed by atoms with Gasteiger partial charge in [0.15, 0.2) is 0 Å². The Balaban J connectivity index is 3.20. The van der Waals surface area contributed by atoms with E-state index in [2.05, 4.69) is 6.58 Å². The van der Waals surface area contributed by atoms with Gasteiger partial charge < -0.3 is 4.74 Å². The first kappa shape index (κ1) is 14.2. The highest BCUT2D eigenvalue weighted by molar-refractivity contribution is 5.98. The van der Waals surface area contributed by atoms with Gasteiger partial charge in [-0.25, -0.2) is 9.18 Å². The fraction of sp³-hybridized carbons (Fsp3) is 0.267. The van der Waals surface area contributed by atoms with Gasteiger partial charge in [0, 0.05) is 0 Å². The SMILES string of the molecule is C=C(C)/C(=C\c1cc(F)ccc1C)C(=O)OCC. The fourth-order valence-corrected chi connectivity index (χ4v) is 1.49. The van der Waals surface area contributed by atoms with E-state index in [1.54, 1.807) is 26.0 Å². The van der Waals surface area contributed by atoms with Crippen molar-refractivity contribution < 1.29 is 13.9 Å². The summed E-state index contributed by atoms with van der Waals surface area (Å²) in [6.45, 7) is 9.35. The second-order valence-electron chi connectivity index (χ2n) is 4.06. The molecule has 96 valence electrons. The zero-order valence-electron chi connectivity index (χ0n) is 10.9. The molecule has 0 N–H and O–H groups in total. The van der Waals surface area contributed by atoms with Crippen molar-refractivity contribution in [2.45, 2.75) is 20.8 Å². The maximum Gasteiger partial charge on any atom is 0.338 e. The van der Waals surface area contributed by atoms with Crippen molar-refractivity contribution in [3.8, 4) is 0 Å². The smallest absolute Gasteiger partial charge is 0.338 e. The number of aryl methyl sites for hydroxylation is 1. The molecule has 0 radical (unpaired) electrons. The van der Waals surface area contributed by atoms with Gasteiger partial charge in [-0.2, -0.15) is 0 Å².